The molecule has 116 valence electrons. The van der Waals surface area contributed by atoms with E-state index < -0.39 is 0 Å². The smallest absolute Gasteiger partial charge is 0.289 e. The number of carbonyl (C=O) groups excluding carboxylic acids is 1. The highest BCUT2D eigenvalue weighted by atomic mass is 16.4. The van der Waals surface area contributed by atoms with Crippen molar-refractivity contribution in [3.8, 4) is 0 Å². The van der Waals surface area contributed by atoms with E-state index in [1.165, 1.54) is 6.07 Å². The van der Waals surface area contributed by atoms with Crippen LogP contribution < -0.4 is 5.56 Å². The molecule has 1 aliphatic rings. The number of furan rings is 1. The second kappa shape index (κ2) is 6.19. The van der Waals surface area contributed by atoms with Gasteiger partial charge in [0.15, 0.2) is 5.76 Å². The topological polar surface area (TPSA) is 58.7 Å². The molecule has 0 radical (unpaired) electrons. The number of likely N-dealkylation sites (N-methyl/N-ethyl adjacent to an activating group) is 1. The molecule has 0 bridgehead atoms. The predicted molar refractivity (Wildman–Crippen MR) is 81.9 cm³/mol. The lowest BCUT2D eigenvalue weighted by Crippen LogP contribution is -2.47. The van der Waals surface area contributed by atoms with Crippen molar-refractivity contribution in [1.29, 1.82) is 0 Å². The minimum atomic E-state index is -0.0918. The van der Waals surface area contributed by atoms with Crippen LogP contribution in [0.1, 0.15) is 16.3 Å². The summed E-state index contributed by atoms with van der Waals surface area (Å²) in [7, 11) is 2.05. The Morgan fingerprint density at radius 1 is 1.14 bits per heavy atom. The van der Waals surface area contributed by atoms with Gasteiger partial charge in [0.1, 0.15) is 5.76 Å². The lowest BCUT2D eigenvalue weighted by atomic mass is 10.3. The number of nitrogens with zero attached hydrogens (tertiary/aromatic N) is 3. The standard InChI is InChI=1S/C16H19N3O3/c1-17-8-10-18(11-9-17)16(21)14-6-5-13(22-14)12-19-7-3-2-4-15(19)20/h2-7H,8-12H2,1H3. The van der Waals surface area contributed by atoms with Crippen LogP contribution >= 0.6 is 0 Å². The maximum absolute atomic E-state index is 12.4. The average molecular weight is 301 g/mol. The van der Waals surface area contributed by atoms with Gasteiger partial charge in [0.25, 0.3) is 11.5 Å². The Kier molecular flexibility index (Phi) is 4.11. The molecule has 0 aliphatic carbocycles. The van der Waals surface area contributed by atoms with Crippen molar-refractivity contribution >= 4 is 5.91 Å². The van der Waals surface area contributed by atoms with Gasteiger partial charge in [-0.2, -0.15) is 0 Å². The minimum Gasteiger partial charge on any atom is -0.454 e. The summed E-state index contributed by atoms with van der Waals surface area (Å²) >= 11 is 0. The van der Waals surface area contributed by atoms with E-state index in [-0.39, 0.29) is 11.5 Å². The molecule has 2 aromatic rings. The van der Waals surface area contributed by atoms with Crippen LogP contribution in [0.5, 0.6) is 0 Å². The molecular formula is C16H19N3O3. The van der Waals surface area contributed by atoms with Crippen molar-refractivity contribution in [2.75, 3.05) is 33.2 Å². The van der Waals surface area contributed by atoms with Crippen molar-refractivity contribution in [1.82, 2.24) is 14.4 Å². The fourth-order valence-electron chi connectivity index (χ4n) is 2.50. The van der Waals surface area contributed by atoms with E-state index in [0.717, 1.165) is 13.1 Å². The van der Waals surface area contributed by atoms with Gasteiger partial charge in [-0.05, 0) is 25.2 Å². The van der Waals surface area contributed by atoms with Crippen LogP contribution in [0.3, 0.4) is 0 Å². The first kappa shape index (κ1) is 14.6. The molecular weight excluding hydrogens is 282 g/mol. The molecule has 0 saturated carbocycles. The molecule has 1 fully saturated rings. The van der Waals surface area contributed by atoms with Gasteiger partial charge in [-0.1, -0.05) is 6.07 Å². The molecule has 6 nitrogen and oxygen atoms in total. The van der Waals surface area contributed by atoms with E-state index in [2.05, 4.69) is 4.90 Å². The van der Waals surface area contributed by atoms with Gasteiger partial charge in [0.2, 0.25) is 0 Å². The van der Waals surface area contributed by atoms with Gasteiger partial charge in [-0.3, -0.25) is 9.59 Å². The lowest BCUT2D eigenvalue weighted by Gasteiger charge is -2.31. The number of aromatic nitrogens is 1. The highest BCUT2D eigenvalue weighted by Crippen LogP contribution is 2.13. The van der Waals surface area contributed by atoms with E-state index in [1.807, 2.05) is 7.05 Å². The van der Waals surface area contributed by atoms with Crippen LogP contribution in [0.25, 0.3) is 0 Å². The summed E-state index contributed by atoms with van der Waals surface area (Å²) < 4.78 is 7.16. The number of amides is 1. The fourth-order valence-corrected chi connectivity index (χ4v) is 2.50. The number of hydrogen-bond donors (Lipinski definition) is 0. The average Bonchev–Trinajstić information content (AvgIpc) is 2.98. The molecule has 0 spiro atoms. The molecule has 2 aromatic heterocycles. The molecule has 0 unspecified atom stereocenters. The summed E-state index contributed by atoms with van der Waals surface area (Å²) in [5.74, 6) is 0.856. The summed E-state index contributed by atoms with van der Waals surface area (Å²) in [5.41, 5.74) is -0.0918. The SMILES string of the molecule is CN1CCN(C(=O)c2ccc(Cn3ccccc3=O)o2)CC1. The third-order valence-electron chi connectivity index (χ3n) is 3.89. The van der Waals surface area contributed by atoms with E-state index >= 15 is 0 Å². The van der Waals surface area contributed by atoms with Crippen molar-refractivity contribution in [3.63, 3.8) is 0 Å². The molecule has 0 aromatic carbocycles. The first-order valence-corrected chi connectivity index (χ1v) is 7.35. The number of piperazine rings is 1. The van der Waals surface area contributed by atoms with Crippen molar-refractivity contribution in [3.05, 3.63) is 58.4 Å². The second-order valence-corrected chi connectivity index (χ2v) is 5.53. The second-order valence-electron chi connectivity index (χ2n) is 5.53. The number of hydrogen-bond acceptors (Lipinski definition) is 4. The largest absolute Gasteiger partial charge is 0.454 e. The van der Waals surface area contributed by atoms with E-state index in [4.69, 9.17) is 4.42 Å². The lowest BCUT2D eigenvalue weighted by molar-refractivity contribution is 0.0630. The number of rotatable bonds is 3. The Morgan fingerprint density at radius 3 is 2.64 bits per heavy atom. The van der Waals surface area contributed by atoms with Gasteiger partial charge < -0.3 is 18.8 Å². The molecule has 22 heavy (non-hydrogen) atoms. The van der Waals surface area contributed by atoms with Gasteiger partial charge in [-0.15, -0.1) is 0 Å². The third-order valence-corrected chi connectivity index (χ3v) is 3.89. The zero-order valence-electron chi connectivity index (χ0n) is 12.6. The Bertz CT molecular complexity index is 711. The van der Waals surface area contributed by atoms with E-state index in [0.29, 0.717) is 31.2 Å². The molecule has 6 heteroatoms. The first-order chi connectivity index (χ1) is 10.6. The van der Waals surface area contributed by atoms with Crippen molar-refractivity contribution in [2.45, 2.75) is 6.54 Å². The Hall–Kier alpha value is -2.34. The highest BCUT2D eigenvalue weighted by Gasteiger charge is 2.22. The van der Waals surface area contributed by atoms with Crippen molar-refractivity contribution in [2.24, 2.45) is 0 Å². The summed E-state index contributed by atoms with van der Waals surface area (Å²) in [5, 5.41) is 0. The fraction of sp³-hybridized carbons (Fsp3) is 0.375. The van der Waals surface area contributed by atoms with Crippen LogP contribution in [0, 0.1) is 0 Å². The van der Waals surface area contributed by atoms with Gasteiger partial charge >= 0.3 is 0 Å². The quantitative estimate of drug-likeness (QED) is 0.844. The van der Waals surface area contributed by atoms with Gasteiger partial charge in [0, 0.05) is 38.4 Å². The van der Waals surface area contributed by atoms with Gasteiger partial charge in [0.05, 0.1) is 6.54 Å². The summed E-state index contributed by atoms with van der Waals surface area (Å²) in [6.07, 6.45) is 1.70. The van der Waals surface area contributed by atoms with Crippen LogP contribution in [-0.4, -0.2) is 53.5 Å². The van der Waals surface area contributed by atoms with E-state index in [1.54, 1.807) is 39.9 Å². The van der Waals surface area contributed by atoms with Gasteiger partial charge in [-0.25, -0.2) is 0 Å². The molecule has 1 amide bonds. The zero-order chi connectivity index (χ0) is 15.5. The summed E-state index contributed by atoms with van der Waals surface area (Å²) in [6, 6.07) is 8.43. The molecule has 1 saturated heterocycles. The first-order valence-electron chi connectivity index (χ1n) is 7.35. The molecule has 1 aliphatic heterocycles. The van der Waals surface area contributed by atoms with Crippen LogP contribution in [0.4, 0.5) is 0 Å². The minimum absolute atomic E-state index is 0.0836. The molecule has 0 atom stereocenters. The monoisotopic (exact) mass is 301 g/mol. The Labute approximate surface area is 128 Å². The highest BCUT2D eigenvalue weighted by molar-refractivity contribution is 5.91. The van der Waals surface area contributed by atoms with E-state index in [9.17, 15) is 9.59 Å². The summed E-state index contributed by atoms with van der Waals surface area (Å²) in [6.45, 7) is 3.50. The number of pyridine rings is 1. The third kappa shape index (κ3) is 3.12. The normalized spacial score (nSPS) is 16.0. The Morgan fingerprint density at radius 2 is 1.91 bits per heavy atom. The molecule has 3 heterocycles. The summed E-state index contributed by atoms with van der Waals surface area (Å²) in [4.78, 5) is 28.1. The molecule has 3 rings (SSSR count). The maximum Gasteiger partial charge on any atom is 0.289 e. The Balaban J connectivity index is 1.70. The van der Waals surface area contributed by atoms with Crippen LogP contribution in [0.15, 0.2) is 45.7 Å². The van der Waals surface area contributed by atoms with Crippen LogP contribution in [0.2, 0.25) is 0 Å². The van der Waals surface area contributed by atoms with Crippen molar-refractivity contribution < 1.29 is 9.21 Å². The zero-order valence-corrected chi connectivity index (χ0v) is 12.6. The predicted octanol–water partition coefficient (Wildman–Crippen LogP) is 0.877. The number of carbonyl (C=O) groups is 1. The van der Waals surface area contributed by atoms with Crippen LogP contribution in [-0.2, 0) is 6.54 Å². The molecule has 0 N–H and O–H groups in total. The maximum atomic E-state index is 12.4.